The maximum atomic E-state index is 5.82. The average molecular weight is 234 g/mol. The Morgan fingerprint density at radius 3 is 2.94 bits per heavy atom. The molecule has 2 rings (SSSR count). The van der Waals surface area contributed by atoms with Gasteiger partial charge in [-0.05, 0) is 19.1 Å². The normalized spacial score (nSPS) is 10.2. The number of benzene rings is 1. The third-order valence-electron chi connectivity index (χ3n) is 2.32. The standard InChI is InChI=1S/C11H14N4O2/c1-3-15-11(7-13-14-15)17-10-6-8(16-2)4-5-9(10)12/h4-7H,3,12H2,1-2H3. The second-order valence-corrected chi connectivity index (χ2v) is 3.39. The predicted molar refractivity (Wildman–Crippen MR) is 63.2 cm³/mol. The van der Waals surface area contributed by atoms with Crippen LogP contribution in [0.25, 0.3) is 0 Å². The predicted octanol–water partition coefficient (Wildman–Crippen LogP) is 1.68. The van der Waals surface area contributed by atoms with Gasteiger partial charge in [0.05, 0.1) is 12.8 Å². The Hall–Kier alpha value is -2.24. The van der Waals surface area contributed by atoms with Crippen molar-refractivity contribution in [1.29, 1.82) is 0 Å². The summed E-state index contributed by atoms with van der Waals surface area (Å²) in [5.41, 5.74) is 6.36. The van der Waals surface area contributed by atoms with Gasteiger partial charge in [0.15, 0.2) is 5.75 Å². The summed E-state index contributed by atoms with van der Waals surface area (Å²) in [5.74, 6) is 1.76. The van der Waals surface area contributed by atoms with Gasteiger partial charge >= 0.3 is 0 Å². The Morgan fingerprint density at radius 2 is 2.24 bits per heavy atom. The number of ether oxygens (including phenoxy) is 2. The van der Waals surface area contributed by atoms with E-state index in [9.17, 15) is 0 Å². The lowest BCUT2D eigenvalue weighted by atomic mass is 10.3. The molecule has 2 aromatic rings. The molecule has 6 nitrogen and oxygen atoms in total. The number of anilines is 1. The van der Waals surface area contributed by atoms with E-state index in [4.69, 9.17) is 15.2 Å². The van der Waals surface area contributed by atoms with Crippen LogP contribution in [0.15, 0.2) is 24.4 Å². The smallest absolute Gasteiger partial charge is 0.238 e. The van der Waals surface area contributed by atoms with Crippen molar-refractivity contribution >= 4 is 5.69 Å². The largest absolute Gasteiger partial charge is 0.497 e. The molecule has 0 spiro atoms. The third kappa shape index (κ3) is 2.30. The maximum absolute atomic E-state index is 5.82. The fourth-order valence-corrected chi connectivity index (χ4v) is 1.39. The molecule has 6 heteroatoms. The molecule has 0 aliphatic carbocycles. The molecule has 90 valence electrons. The summed E-state index contributed by atoms with van der Waals surface area (Å²) < 4.78 is 12.4. The third-order valence-corrected chi connectivity index (χ3v) is 2.32. The van der Waals surface area contributed by atoms with Gasteiger partial charge in [-0.3, -0.25) is 0 Å². The van der Waals surface area contributed by atoms with Gasteiger partial charge in [0.1, 0.15) is 11.9 Å². The van der Waals surface area contributed by atoms with E-state index in [1.807, 2.05) is 6.92 Å². The highest BCUT2D eigenvalue weighted by molar-refractivity contribution is 5.56. The summed E-state index contributed by atoms with van der Waals surface area (Å²) in [6.45, 7) is 2.63. The molecule has 17 heavy (non-hydrogen) atoms. The highest BCUT2D eigenvalue weighted by Crippen LogP contribution is 2.30. The summed E-state index contributed by atoms with van der Waals surface area (Å²) in [4.78, 5) is 0. The van der Waals surface area contributed by atoms with Gasteiger partial charge in [0, 0.05) is 12.6 Å². The molecule has 0 radical (unpaired) electrons. The zero-order valence-corrected chi connectivity index (χ0v) is 9.75. The van der Waals surface area contributed by atoms with E-state index < -0.39 is 0 Å². The number of aromatic nitrogens is 3. The zero-order valence-electron chi connectivity index (χ0n) is 9.75. The van der Waals surface area contributed by atoms with Crippen LogP contribution >= 0.6 is 0 Å². The van der Waals surface area contributed by atoms with Crippen molar-refractivity contribution in [2.45, 2.75) is 13.5 Å². The first-order valence-corrected chi connectivity index (χ1v) is 5.24. The molecule has 2 N–H and O–H groups in total. The van der Waals surface area contributed by atoms with Crippen molar-refractivity contribution in [3.05, 3.63) is 24.4 Å². The first-order valence-electron chi connectivity index (χ1n) is 5.24. The number of nitrogens with two attached hydrogens (primary N) is 1. The molecule has 0 amide bonds. The Kier molecular flexibility index (Phi) is 3.13. The molecule has 0 atom stereocenters. The minimum Gasteiger partial charge on any atom is -0.497 e. The average Bonchev–Trinajstić information content (AvgIpc) is 2.79. The number of aryl methyl sites for hydroxylation is 1. The van der Waals surface area contributed by atoms with Crippen LogP contribution in [0.1, 0.15) is 6.92 Å². The van der Waals surface area contributed by atoms with Crippen LogP contribution in [-0.4, -0.2) is 22.1 Å². The van der Waals surface area contributed by atoms with E-state index in [2.05, 4.69) is 10.3 Å². The van der Waals surface area contributed by atoms with Crippen molar-refractivity contribution < 1.29 is 9.47 Å². The quantitative estimate of drug-likeness (QED) is 0.814. The lowest BCUT2D eigenvalue weighted by Crippen LogP contribution is -2.01. The first-order chi connectivity index (χ1) is 8.24. The van der Waals surface area contributed by atoms with Crippen LogP contribution in [-0.2, 0) is 6.54 Å². The van der Waals surface area contributed by atoms with Crippen molar-refractivity contribution in [3.63, 3.8) is 0 Å². The molecule has 0 aliphatic heterocycles. The van der Waals surface area contributed by atoms with E-state index in [-0.39, 0.29) is 0 Å². The Labute approximate surface area is 98.9 Å². The minimum atomic E-state index is 0.529. The van der Waals surface area contributed by atoms with Gasteiger partial charge in [-0.25, -0.2) is 4.68 Å². The van der Waals surface area contributed by atoms with Crippen molar-refractivity contribution in [3.8, 4) is 17.4 Å². The molecule has 1 heterocycles. The fraction of sp³-hybridized carbons (Fsp3) is 0.273. The molecular weight excluding hydrogens is 220 g/mol. The van der Waals surface area contributed by atoms with Gasteiger partial charge in [-0.15, -0.1) is 5.10 Å². The molecule has 1 aromatic carbocycles. The zero-order chi connectivity index (χ0) is 12.3. The Balaban J connectivity index is 2.29. The number of rotatable bonds is 4. The topological polar surface area (TPSA) is 75.2 Å². The van der Waals surface area contributed by atoms with Crippen LogP contribution in [0.5, 0.6) is 17.4 Å². The van der Waals surface area contributed by atoms with Crippen LogP contribution < -0.4 is 15.2 Å². The SMILES string of the molecule is CCn1nncc1Oc1cc(OC)ccc1N. The lowest BCUT2D eigenvalue weighted by Gasteiger charge is -2.09. The molecule has 0 saturated carbocycles. The molecular formula is C11H14N4O2. The molecule has 0 fully saturated rings. The van der Waals surface area contributed by atoms with E-state index in [1.165, 1.54) is 0 Å². The van der Waals surface area contributed by atoms with Crippen LogP contribution in [0.2, 0.25) is 0 Å². The number of nitrogen functional groups attached to an aromatic ring is 1. The summed E-state index contributed by atoms with van der Waals surface area (Å²) in [7, 11) is 1.59. The van der Waals surface area contributed by atoms with Gasteiger partial charge in [-0.1, -0.05) is 5.21 Å². The highest BCUT2D eigenvalue weighted by atomic mass is 16.5. The number of methoxy groups -OCH3 is 1. The summed E-state index contributed by atoms with van der Waals surface area (Å²) in [6.07, 6.45) is 1.54. The number of hydrogen-bond donors (Lipinski definition) is 1. The summed E-state index contributed by atoms with van der Waals surface area (Å²) in [5, 5.41) is 7.65. The van der Waals surface area contributed by atoms with Gasteiger partial charge in [0.2, 0.25) is 5.88 Å². The van der Waals surface area contributed by atoms with E-state index in [0.717, 1.165) is 0 Å². The molecule has 1 aromatic heterocycles. The number of hydrogen-bond acceptors (Lipinski definition) is 5. The van der Waals surface area contributed by atoms with Gasteiger partial charge in [0.25, 0.3) is 0 Å². The second-order valence-electron chi connectivity index (χ2n) is 3.39. The second kappa shape index (κ2) is 4.73. The summed E-state index contributed by atoms with van der Waals surface area (Å²) in [6, 6.07) is 5.23. The van der Waals surface area contributed by atoms with Crippen molar-refractivity contribution in [2.75, 3.05) is 12.8 Å². The van der Waals surface area contributed by atoms with E-state index in [0.29, 0.717) is 29.6 Å². The maximum Gasteiger partial charge on any atom is 0.238 e. The van der Waals surface area contributed by atoms with Crippen LogP contribution in [0.3, 0.4) is 0 Å². The van der Waals surface area contributed by atoms with Crippen molar-refractivity contribution in [1.82, 2.24) is 15.0 Å². The summed E-state index contributed by atoms with van der Waals surface area (Å²) >= 11 is 0. The van der Waals surface area contributed by atoms with Crippen molar-refractivity contribution in [2.24, 2.45) is 0 Å². The van der Waals surface area contributed by atoms with E-state index >= 15 is 0 Å². The van der Waals surface area contributed by atoms with E-state index in [1.54, 1.807) is 36.2 Å². The van der Waals surface area contributed by atoms with Gasteiger partial charge < -0.3 is 15.2 Å². The monoisotopic (exact) mass is 234 g/mol. The minimum absolute atomic E-state index is 0.529. The molecule has 0 saturated heterocycles. The molecule has 0 unspecified atom stereocenters. The fourth-order valence-electron chi connectivity index (χ4n) is 1.39. The highest BCUT2D eigenvalue weighted by Gasteiger charge is 2.08. The lowest BCUT2D eigenvalue weighted by molar-refractivity contribution is 0.398. The Bertz CT molecular complexity index is 510. The van der Waals surface area contributed by atoms with Gasteiger partial charge in [-0.2, -0.15) is 0 Å². The number of nitrogens with zero attached hydrogens (tertiary/aromatic N) is 3. The molecule has 0 bridgehead atoms. The van der Waals surface area contributed by atoms with Crippen LogP contribution in [0.4, 0.5) is 5.69 Å². The first kappa shape index (κ1) is 11.3. The van der Waals surface area contributed by atoms with Crippen LogP contribution in [0, 0.1) is 0 Å². The Morgan fingerprint density at radius 1 is 1.41 bits per heavy atom. The molecule has 0 aliphatic rings.